The van der Waals surface area contributed by atoms with Crippen molar-refractivity contribution in [2.45, 2.75) is 82.9 Å². The Bertz CT molecular complexity index is 493. The number of alkyl carbamates (subject to hydrolysis) is 1. The summed E-state index contributed by atoms with van der Waals surface area (Å²) in [6, 6.07) is -0.530. The van der Waals surface area contributed by atoms with Crippen LogP contribution in [0.25, 0.3) is 0 Å². The third-order valence-electron chi connectivity index (χ3n) is 4.47. The molecule has 2 rings (SSSR count). The van der Waals surface area contributed by atoms with Crippen LogP contribution < -0.4 is 16.0 Å². The smallest absolute Gasteiger partial charge is 0.408 e. The van der Waals surface area contributed by atoms with Crippen LogP contribution in [-0.4, -0.2) is 41.6 Å². The van der Waals surface area contributed by atoms with Gasteiger partial charge in [0.15, 0.2) is 0 Å². The van der Waals surface area contributed by atoms with Crippen LogP contribution in [0.3, 0.4) is 0 Å². The Morgan fingerprint density at radius 1 is 1.17 bits per heavy atom. The molecule has 1 saturated heterocycles. The second-order valence-electron chi connectivity index (χ2n) is 7.73. The van der Waals surface area contributed by atoms with Gasteiger partial charge in [-0.1, -0.05) is 12.8 Å². The summed E-state index contributed by atoms with van der Waals surface area (Å²) >= 11 is 0. The quantitative estimate of drug-likeness (QED) is 0.728. The van der Waals surface area contributed by atoms with Crippen molar-refractivity contribution in [3.63, 3.8) is 0 Å². The number of carbonyl (C=O) groups is 3. The summed E-state index contributed by atoms with van der Waals surface area (Å²) < 4.78 is 5.30. The van der Waals surface area contributed by atoms with Crippen molar-refractivity contribution < 1.29 is 19.1 Å². The zero-order valence-corrected chi connectivity index (χ0v) is 14.9. The first kappa shape index (κ1) is 18.5. The maximum atomic E-state index is 12.8. The van der Waals surface area contributed by atoms with Crippen molar-refractivity contribution in [2.75, 3.05) is 6.54 Å². The van der Waals surface area contributed by atoms with Gasteiger partial charge in [0.05, 0.1) is 0 Å². The van der Waals surface area contributed by atoms with Gasteiger partial charge in [0, 0.05) is 6.54 Å². The summed E-state index contributed by atoms with van der Waals surface area (Å²) in [7, 11) is 0. The third kappa shape index (κ3) is 4.85. The lowest BCUT2D eigenvalue weighted by molar-refractivity contribution is -0.132. The molecule has 3 N–H and O–H groups in total. The number of amides is 3. The highest BCUT2D eigenvalue weighted by atomic mass is 16.6. The Morgan fingerprint density at radius 3 is 2.46 bits per heavy atom. The van der Waals surface area contributed by atoms with Crippen molar-refractivity contribution in [3.8, 4) is 0 Å². The van der Waals surface area contributed by atoms with Crippen molar-refractivity contribution in [3.05, 3.63) is 0 Å². The summed E-state index contributed by atoms with van der Waals surface area (Å²) in [6.07, 6.45) is 4.68. The van der Waals surface area contributed by atoms with Crippen LogP contribution in [0.15, 0.2) is 0 Å². The Balaban J connectivity index is 2.04. The van der Waals surface area contributed by atoms with E-state index in [2.05, 4.69) is 16.0 Å². The molecule has 7 heteroatoms. The number of nitrogens with one attached hydrogen (secondary N) is 3. The van der Waals surface area contributed by atoms with Gasteiger partial charge in [-0.2, -0.15) is 0 Å². The summed E-state index contributed by atoms with van der Waals surface area (Å²) in [4.78, 5) is 37.0. The summed E-state index contributed by atoms with van der Waals surface area (Å²) in [5.74, 6) is -0.431. The first-order valence-corrected chi connectivity index (χ1v) is 8.82. The number of hydrogen-bond acceptors (Lipinski definition) is 4. The van der Waals surface area contributed by atoms with E-state index in [1.165, 1.54) is 0 Å². The molecule has 1 aliphatic carbocycles. The van der Waals surface area contributed by atoms with E-state index in [4.69, 9.17) is 4.74 Å². The highest BCUT2D eigenvalue weighted by Crippen LogP contribution is 2.30. The lowest BCUT2D eigenvalue weighted by Crippen LogP contribution is -2.61. The van der Waals surface area contributed by atoms with E-state index in [1.54, 1.807) is 20.8 Å². The first-order valence-electron chi connectivity index (χ1n) is 8.82. The molecule has 0 aromatic carbocycles. The van der Waals surface area contributed by atoms with Crippen molar-refractivity contribution in [2.24, 2.45) is 0 Å². The minimum atomic E-state index is -0.977. The molecule has 0 bridgehead atoms. The normalized spacial score (nSPS) is 23.8. The average molecular weight is 339 g/mol. The second-order valence-corrected chi connectivity index (χ2v) is 7.73. The van der Waals surface area contributed by atoms with E-state index in [0.29, 0.717) is 25.8 Å². The molecule has 0 aromatic heterocycles. The molecule has 0 spiro atoms. The number of rotatable bonds is 3. The molecule has 7 nitrogen and oxygen atoms in total. The molecule has 1 saturated carbocycles. The van der Waals surface area contributed by atoms with Crippen LogP contribution in [0.2, 0.25) is 0 Å². The molecule has 3 amide bonds. The van der Waals surface area contributed by atoms with Gasteiger partial charge in [0.2, 0.25) is 11.8 Å². The minimum Gasteiger partial charge on any atom is -0.444 e. The lowest BCUT2D eigenvalue weighted by atomic mass is 9.95. The molecule has 24 heavy (non-hydrogen) atoms. The van der Waals surface area contributed by atoms with E-state index in [9.17, 15) is 14.4 Å². The number of ether oxygens (including phenoxy) is 1. The van der Waals surface area contributed by atoms with Gasteiger partial charge in [-0.3, -0.25) is 9.59 Å². The molecule has 136 valence electrons. The SMILES string of the molecule is CC(C)(C)OC(=O)NC1(C(=O)N[C@H]2CCCCNC2=O)CCCC1. The van der Waals surface area contributed by atoms with Gasteiger partial charge < -0.3 is 20.7 Å². The Hall–Kier alpha value is -1.79. The van der Waals surface area contributed by atoms with Gasteiger partial charge in [-0.15, -0.1) is 0 Å². The molecule has 1 aliphatic heterocycles. The van der Waals surface area contributed by atoms with Crippen LogP contribution in [-0.2, 0) is 14.3 Å². The van der Waals surface area contributed by atoms with Gasteiger partial charge in [0.25, 0.3) is 0 Å². The van der Waals surface area contributed by atoms with E-state index in [0.717, 1.165) is 25.7 Å². The molecule has 2 fully saturated rings. The molecule has 0 unspecified atom stereocenters. The van der Waals surface area contributed by atoms with Crippen molar-refractivity contribution >= 4 is 17.9 Å². The van der Waals surface area contributed by atoms with E-state index >= 15 is 0 Å². The molecule has 2 aliphatic rings. The fourth-order valence-electron chi connectivity index (χ4n) is 3.26. The number of hydrogen-bond donors (Lipinski definition) is 3. The fraction of sp³-hybridized carbons (Fsp3) is 0.824. The summed E-state index contributed by atoms with van der Waals surface area (Å²) in [5, 5.41) is 8.41. The van der Waals surface area contributed by atoms with Crippen LogP contribution in [0.1, 0.15) is 65.7 Å². The average Bonchev–Trinajstić information content (AvgIpc) is 2.83. The van der Waals surface area contributed by atoms with Gasteiger partial charge in [-0.05, 0) is 52.9 Å². The Labute approximate surface area is 143 Å². The largest absolute Gasteiger partial charge is 0.444 e. The van der Waals surface area contributed by atoms with Crippen LogP contribution in [0.5, 0.6) is 0 Å². The van der Waals surface area contributed by atoms with Crippen molar-refractivity contribution in [1.82, 2.24) is 16.0 Å². The van der Waals surface area contributed by atoms with Gasteiger partial charge in [-0.25, -0.2) is 4.79 Å². The minimum absolute atomic E-state index is 0.147. The predicted octanol–water partition coefficient (Wildman–Crippen LogP) is 1.61. The highest BCUT2D eigenvalue weighted by molar-refractivity contribution is 5.94. The van der Waals surface area contributed by atoms with Gasteiger partial charge >= 0.3 is 6.09 Å². The van der Waals surface area contributed by atoms with E-state index < -0.39 is 23.3 Å². The molecule has 1 atom stereocenters. The summed E-state index contributed by atoms with van der Waals surface area (Å²) in [5.41, 5.74) is -1.60. The highest BCUT2D eigenvalue weighted by Gasteiger charge is 2.44. The molecule has 1 heterocycles. The molecular formula is C17H29N3O4. The van der Waals surface area contributed by atoms with Gasteiger partial charge in [0.1, 0.15) is 17.2 Å². The maximum absolute atomic E-state index is 12.8. The molecular weight excluding hydrogens is 310 g/mol. The lowest BCUT2D eigenvalue weighted by Gasteiger charge is -2.31. The van der Waals surface area contributed by atoms with E-state index in [-0.39, 0.29) is 11.8 Å². The first-order chi connectivity index (χ1) is 11.2. The van der Waals surface area contributed by atoms with Crippen molar-refractivity contribution in [1.29, 1.82) is 0 Å². The fourth-order valence-corrected chi connectivity index (χ4v) is 3.26. The number of carbonyl (C=O) groups excluding carboxylic acids is 3. The topological polar surface area (TPSA) is 96.5 Å². The summed E-state index contributed by atoms with van der Waals surface area (Å²) in [6.45, 7) is 5.99. The molecule has 0 radical (unpaired) electrons. The monoisotopic (exact) mass is 339 g/mol. The zero-order chi connectivity index (χ0) is 17.8. The second kappa shape index (κ2) is 7.40. The van der Waals surface area contributed by atoms with Crippen LogP contribution >= 0.6 is 0 Å². The Morgan fingerprint density at radius 2 is 1.83 bits per heavy atom. The third-order valence-corrected chi connectivity index (χ3v) is 4.47. The van der Waals surface area contributed by atoms with Crippen LogP contribution in [0, 0.1) is 0 Å². The zero-order valence-electron chi connectivity index (χ0n) is 14.9. The molecule has 0 aromatic rings. The van der Waals surface area contributed by atoms with Crippen LogP contribution in [0.4, 0.5) is 4.79 Å². The standard InChI is InChI=1S/C17H29N3O4/c1-16(2,3)24-15(23)20-17(9-5-6-10-17)14(22)19-12-8-4-7-11-18-13(12)21/h12H,4-11H2,1-3H3,(H,18,21)(H,19,22)(H,20,23)/t12-/m0/s1. The Kier molecular flexibility index (Phi) is 5.72. The van der Waals surface area contributed by atoms with E-state index in [1.807, 2.05) is 0 Å². The predicted molar refractivity (Wildman–Crippen MR) is 89.4 cm³/mol. The maximum Gasteiger partial charge on any atom is 0.408 e.